The molecule has 0 atom stereocenters. The Hall–Kier alpha value is -2.49. The minimum Gasteiger partial charge on any atom is -0.166 e. The molecule has 0 N–H and O–H groups in total. The highest BCUT2D eigenvalue weighted by Crippen LogP contribution is 2.31. The van der Waals surface area contributed by atoms with E-state index in [0.29, 0.717) is 18.7 Å². The van der Waals surface area contributed by atoms with Crippen molar-refractivity contribution in [3.05, 3.63) is 35.7 Å². The first-order valence-corrected chi connectivity index (χ1v) is 5.68. The molecule has 20 heavy (non-hydrogen) atoms. The highest BCUT2D eigenvalue weighted by molar-refractivity contribution is 5.55. The Morgan fingerprint density at radius 3 is 2.40 bits per heavy atom. The summed E-state index contributed by atoms with van der Waals surface area (Å²) in [6, 6.07) is 4.69. The van der Waals surface area contributed by atoms with Crippen molar-refractivity contribution in [2.45, 2.75) is 19.0 Å². The number of aryl methyl sites for hydroxylation is 1. The van der Waals surface area contributed by atoms with E-state index in [-0.39, 0.29) is 11.4 Å². The molecule has 0 amide bonds. The fourth-order valence-electron chi connectivity index (χ4n) is 1.48. The van der Waals surface area contributed by atoms with Crippen molar-refractivity contribution in [2.24, 2.45) is 0 Å². The Morgan fingerprint density at radius 1 is 1.10 bits per heavy atom. The van der Waals surface area contributed by atoms with Crippen LogP contribution in [0, 0.1) is 12.3 Å². The highest BCUT2D eigenvalue weighted by Gasteiger charge is 2.30. The van der Waals surface area contributed by atoms with E-state index in [0.717, 1.165) is 12.1 Å². The third-order valence-electron chi connectivity index (χ3n) is 2.46. The summed E-state index contributed by atoms with van der Waals surface area (Å²) in [6.07, 6.45) is 1.57. The third-order valence-corrected chi connectivity index (χ3v) is 2.46. The maximum absolute atomic E-state index is 12.6. The number of nitrogens with zero attached hydrogens (tertiary/aromatic N) is 4. The van der Waals surface area contributed by atoms with Crippen LogP contribution in [0.2, 0.25) is 0 Å². The van der Waals surface area contributed by atoms with Gasteiger partial charge in [0.15, 0.2) is 5.82 Å². The van der Waals surface area contributed by atoms with E-state index in [4.69, 9.17) is 6.42 Å². The van der Waals surface area contributed by atoms with Gasteiger partial charge in [-0.05, 0) is 12.1 Å². The quantitative estimate of drug-likeness (QED) is 0.809. The monoisotopic (exact) mass is 278 g/mol. The Kier molecular flexibility index (Phi) is 3.94. The average molecular weight is 278 g/mol. The van der Waals surface area contributed by atoms with E-state index in [2.05, 4.69) is 26.3 Å². The van der Waals surface area contributed by atoms with Gasteiger partial charge in [0.1, 0.15) is 0 Å². The first kappa shape index (κ1) is 13.9. The second kappa shape index (κ2) is 5.65. The number of alkyl halides is 3. The molecule has 4 nitrogen and oxygen atoms in total. The van der Waals surface area contributed by atoms with Gasteiger partial charge >= 0.3 is 6.18 Å². The van der Waals surface area contributed by atoms with Gasteiger partial charge in [-0.15, -0.1) is 32.7 Å². The zero-order chi connectivity index (χ0) is 14.6. The summed E-state index contributed by atoms with van der Waals surface area (Å²) in [7, 11) is 0. The lowest BCUT2D eigenvalue weighted by Crippen LogP contribution is -2.06. The van der Waals surface area contributed by atoms with E-state index in [1.54, 1.807) is 0 Å². The molecule has 102 valence electrons. The Bertz CT molecular complexity index is 629. The van der Waals surface area contributed by atoms with Gasteiger partial charge in [0.2, 0.25) is 5.82 Å². The molecule has 1 aromatic heterocycles. The Labute approximate surface area is 113 Å². The average Bonchev–Trinajstić information content (AvgIpc) is 2.45. The molecule has 0 aliphatic carbocycles. The van der Waals surface area contributed by atoms with E-state index in [1.165, 1.54) is 12.1 Å². The summed E-state index contributed by atoms with van der Waals surface area (Å²) in [4.78, 5) is 0. The number of hydrogen-bond acceptors (Lipinski definition) is 4. The molecule has 0 aliphatic rings. The normalized spacial score (nSPS) is 11.1. The minimum absolute atomic E-state index is 0.0422. The van der Waals surface area contributed by atoms with Gasteiger partial charge < -0.3 is 0 Å². The molecule has 0 saturated heterocycles. The predicted octanol–water partition coefficient (Wildman–Crippen LogP) is 2.52. The first-order valence-electron chi connectivity index (χ1n) is 5.68. The molecule has 0 spiro atoms. The molecule has 0 unspecified atom stereocenters. The minimum atomic E-state index is -4.41. The van der Waals surface area contributed by atoms with Crippen molar-refractivity contribution in [1.29, 1.82) is 0 Å². The van der Waals surface area contributed by atoms with E-state index >= 15 is 0 Å². The largest absolute Gasteiger partial charge is 0.416 e. The smallest absolute Gasteiger partial charge is 0.166 e. The predicted molar refractivity (Wildman–Crippen MR) is 65.2 cm³/mol. The van der Waals surface area contributed by atoms with Crippen molar-refractivity contribution in [2.75, 3.05) is 0 Å². The van der Waals surface area contributed by atoms with Crippen LogP contribution in [0.4, 0.5) is 13.2 Å². The number of benzene rings is 1. The second-order valence-electron chi connectivity index (χ2n) is 3.92. The summed E-state index contributed by atoms with van der Waals surface area (Å²) >= 11 is 0. The number of halogens is 3. The lowest BCUT2D eigenvalue weighted by molar-refractivity contribution is -0.137. The topological polar surface area (TPSA) is 51.6 Å². The van der Waals surface area contributed by atoms with E-state index in [9.17, 15) is 13.2 Å². The van der Waals surface area contributed by atoms with Crippen molar-refractivity contribution >= 4 is 0 Å². The van der Waals surface area contributed by atoms with E-state index < -0.39 is 11.7 Å². The van der Waals surface area contributed by atoms with Crippen LogP contribution in [0.1, 0.15) is 17.8 Å². The number of hydrogen-bond donors (Lipinski definition) is 0. The van der Waals surface area contributed by atoms with E-state index in [1.807, 2.05) is 0 Å². The maximum atomic E-state index is 12.6. The van der Waals surface area contributed by atoms with Gasteiger partial charge in [-0.25, -0.2) is 0 Å². The van der Waals surface area contributed by atoms with Crippen LogP contribution in [0.15, 0.2) is 24.3 Å². The van der Waals surface area contributed by atoms with Crippen LogP contribution in [-0.2, 0) is 12.6 Å². The zero-order valence-corrected chi connectivity index (χ0v) is 10.2. The van der Waals surface area contributed by atoms with Gasteiger partial charge in [0.25, 0.3) is 0 Å². The standard InChI is InChI=1S/C13H9F3N4/c1-2-3-7-11-17-19-12(20-18-11)9-5-4-6-10(8-9)13(14,15)16/h1,4-6,8H,3,7H2. The second-order valence-corrected chi connectivity index (χ2v) is 3.92. The van der Waals surface area contributed by atoms with Crippen LogP contribution >= 0.6 is 0 Å². The Morgan fingerprint density at radius 2 is 1.80 bits per heavy atom. The molecule has 1 aromatic carbocycles. The molecule has 0 saturated carbocycles. The molecular formula is C13H9F3N4. The van der Waals surface area contributed by atoms with Crippen LogP contribution < -0.4 is 0 Å². The Balaban J connectivity index is 2.26. The molecule has 1 heterocycles. The molecule has 0 radical (unpaired) electrons. The molecule has 0 aliphatic heterocycles. The van der Waals surface area contributed by atoms with Gasteiger partial charge in [-0.3, -0.25) is 0 Å². The molecule has 2 aromatic rings. The van der Waals surface area contributed by atoms with Crippen molar-refractivity contribution in [1.82, 2.24) is 20.4 Å². The molecule has 0 bridgehead atoms. The van der Waals surface area contributed by atoms with Crippen molar-refractivity contribution < 1.29 is 13.2 Å². The third kappa shape index (κ3) is 3.29. The van der Waals surface area contributed by atoms with Gasteiger partial charge in [-0.2, -0.15) is 13.2 Å². The lowest BCUT2D eigenvalue weighted by atomic mass is 10.1. The lowest BCUT2D eigenvalue weighted by Gasteiger charge is -2.07. The fraction of sp³-hybridized carbons (Fsp3) is 0.231. The van der Waals surface area contributed by atoms with Gasteiger partial charge in [-0.1, -0.05) is 12.1 Å². The van der Waals surface area contributed by atoms with Gasteiger partial charge in [0, 0.05) is 18.4 Å². The summed E-state index contributed by atoms with van der Waals surface area (Å²) in [5, 5.41) is 15.1. The summed E-state index contributed by atoms with van der Waals surface area (Å²) in [6.45, 7) is 0. The van der Waals surface area contributed by atoms with Gasteiger partial charge in [0.05, 0.1) is 5.56 Å². The van der Waals surface area contributed by atoms with Crippen LogP contribution in [-0.4, -0.2) is 20.4 Å². The summed E-state index contributed by atoms with van der Waals surface area (Å²) in [5.74, 6) is 2.83. The molecular weight excluding hydrogens is 269 g/mol. The highest BCUT2D eigenvalue weighted by atomic mass is 19.4. The van der Waals surface area contributed by atoms with Crippen LogP contribution in [0.5, 0.6) is 0 Å². The first-order chi connectivity index (χ1) is 9.50. The summed E-state index contributed by atoms with van der Waals surface area (Å²) < 4.78 is 37.8. The fourth-order valence-corrected chi connectivity index (χ4v) is 1.48. The number of terminal acetylenes is 1. The maximum Gasteiger partial charge on any atom is 0.416 e. The number of rotatable bonds is 3. The SMILES string of the molecule is C#CCCc1nnc(-c2cccc(C(F)(F)F)c2)nn1. The van der Waals surface area contributed by atoms with Crippen molar-refractivity contribution in [3.8, 4) is 23.7 Å². The van der Waals surface area contributed by atoms with Crippen LogP contribution in [0.3, 0.4) is 0 Å². The molecule has 0 fully saturated rings. The van der Waals surface area contributed by atoms with Crippen LogP contribution in [0.25, 0.3) is 11.4 Å². The zero-order valence-electron chi connectivity index (χ0n) is 10.2. The molecule has 2 rings (SSSR count). The summed E-state index contributed by atoms with van der Waals surface area (Å²) in [5.41, 5.74) is -0.557. The van der Waals surface area contributed by atoms with Crippen molar-refractivity contribution in [3.63, 3.8) is 0 Å². The molecule has 7 heteroatoms. The number of aromatic nitrogens is 4.